The normalized spacial score (nSPS) is 19.8. The predicted octanol–water partition coefficient (Wildman–Crippen LogP) is 4.06. The van der Waals surface area contributed by atoms with E-state index in [4.69, 9.17) is 4.74 Å². The summed E-state index contributed by atoms with van der Waals surface area (Å²) < 4.78 is 5.12. The number of benzene rings is 2. The summed E-state index contributed by atoms with van der Waals surface area (Å²) in [6.07, 6.45) is 7.22. The summed E-state index contributed by atoms with van der Waals surface area (Å²) in [5, 5.41) is 5.83. The molecule has 1 aliphatic rings. The molecule has 0 spiro atoms. The number of methoxy groups -OCH3 is 1. The van der Waals surface area contributed by atoms with Gasteiger partial charge < -0.3 is 15.4 Å². The summed E-state index contributed by atoms with van der Waals surface area (Å²) in [7, 11) is 1.61. The monoisotopic (exact) mass is 406 g/mol. The highest BCUT2D eigenvalue weighted by Crippen LogP contribution is 2.32. The van der Waals surface area contributed by atoms with Crippen molar-refractivity contribution >= 4 is 17.9 Å². The molecule has 1 unspecified atom stereocenters. The van der Waals surface area contributed by atoms with Crippen LogP contribution in [0.3, 0.4) is 0 Å². The molecule has 2 aromatic rings. The average Bonchev–Trinajstić information content (AvgIpc) is 2.79. The fourth-order valence-corrected chi connectivity index (χ4v) is 3.84. The first-order valence-corrected chi connectivity index (χ1v) is 10.5. The third-order valence-corrected chi connectivity index (χ3v) is 5.64. The number of amides is 2. The maximum Gasteiger partial charge on any atom is 0.244 e. The van der Waals surface area contributed by atoms with Crippen LogP contribution in [0.2, 0.25) is 0 Å². The van der Waals surface area contributed by atoms with Gasteiger partial charge in [0.1, 0.15) is 11.8 Å². The molecule has 1 aliphatic carbocycles. The van der Waals surface area contributed by atoms with Crippen molar-refractivity contribution in [1.29, 1.82) is 0 Å². The van der Waals surface area contributed by atoms with Gasteiger partial charge in [-0.1, -0.05) is 42.5 Å². The Hall–Kier alpha value is -3.08. The van der Waals surface area contributed by atoms with Gasteiger partial charge in [-0.2, -0.15) is 0 Å². The average molecular weight is 407 g/mol. The van der Waals surface area contributed by atoms with Crippen LogP contribution < -0.4 is 15.4 Å². The quantitative estimate of drug-likeness (QED) is 0.682. The minimum atomic E-state index is -0.579. The largest absolute Gasteiger partial charge is 0.497 e. The molecule has 3 rings (SSSR count). The van der Waals surface area contributed by atoms with Gasteiger partial charge in [0.15, 0.2) is 0 Å². The van der Waals surface area contributed by atoms with Crippen molar-refractivity contribution in [2.75, 3.05) is 7.11 Å². The first-order valence-electron chi connectivity index (χ1n) is 10.5. The highest BCUT2D eigenvalue weighted by atomic mass is 16.5. The molecular weight excluding hydrogens is 376 g/mol. The first-order chi connectivity index (χ1) is 14.5. The molecule has 2 aromatic carbocycles. The lowest BCUT2D eigenvalue weighted by atomic mass is 9.82. The summed E-state index contributed by atoms with van der Waals surface area (Å²) in [5.74, 6) is 0.907. The molecule has 2 N–H and O–H groups in total. The molecule has 0 aliphatic heterocycles. The van der Waals surface area contributed by atoms with Crippen molar-refractivity contribution in [1.82, 2.24) is 10.6 Å². The van der Waals surface area contributed by atoms with E-state index in [1.54, 1.807) is 20.1 Å². The zero-order chi connectivity index (χ0) is 21.3. The van der Waals surface area contributed by atoms with Gasteiger partial charge in [0.2, 0.25) is 11.8 Å². The second kappa shape index (κ2) is 10.6. The molecule has 0 aromatic heterocycles. The molecule has 30 heavy (non-hydrogen) atoms. The van der Waals surface area contributed by atoms with E-state index in [0.717, 1.165) is 37.0 Å². The first kappa shape index (κ1) is 21.6. The molecule has 1 saturated carbocycles. The number of hydrogen-bond acceptors (Lipinski definition) is 3. The van der Waals surface area contributed by atoms with Crippen LogP contribution in [-0.4, -0.2) is 31.0 Å². The Bertz CT molecular complexity index is 854. The van der Waals surface area contributed by atoms with Crippen molar-refractivity contribution in [3.63, 3.8) is 0 Å². The summed E-state index contributed by atoms with van der Waals surface area (Å²) >= 11 is 0. The zero-order valence-electron chi connectivity index (χ0n) is 17.6. The third kappa shape index (κ3) is 6.21. The van der Waals surface area contributed by atoms with Crippen molar-refractivity contribution in [2.45, 2.75) is 50.6 Å². The van der Waals surface area contributed by atoms with Gasteiger partial charge >= 0.3 is 0 Å². The van der Waals surface area contributed by atoms with Crippen LogP contribution in [0.1, 0.15) is 49.7 Å². The summed E-state index contributed by atoms with van der Waals surface area (Å²) in [6.45, 7) is 1.71. The molecule has 0 heterocycles. The Morgan fingerprint density at radius 2 is 1.67 bits per heavy atom. The third-order valence-electron chi connectivity index (χ3n) is 5.64. The Balaban J connectivity index is 1.42. The van der Waals surface area contributed by atoms with Crippen LogP contribution in [0.15, 0.2) is 60.7 Å². The van der Waals surface area contributed by atoms with Gasteiger partial charge in [-0.25, -0.2) is 0 Å². The number of hydrogen-bond donors (Lipinski definition) is 2. The highest BCUT2D eigenvalue weighted by molar-refractivity contribution is 5.95. The topological polar surface area (TPSA) is 67.4 Å². The van der Waals surface area contributed by atoms with Crippen molar-refractivity contribution in [3.8, 4) is 5.75 Å². The fourth-order valence-electron chi connectivity index (χ4n) is 3.84. The molecule has 0 saturated heterocycles. The second-order valence-electron chi connectivity index (χ2n) is 7.80. The van der Waals surface area contributed by atoms with Gasteiger partial charge in [0, 0.05) is 12.1 Å². The van der Waals surface area contributed by atoms with E-state index < -0.39 is 6.04 Å². The number of ether oxygens (including phenoxy) is 1. The van der Waals surface area contributed by atoms with Crippen LogP contribution in [-0.2, 0) is 9.59 Å². The van der Waals surface area contributed by atoms with Crippen molar-refractivity contribution < 1.29 is 14.3 Å². The minimum Gasteiger partial charge on any atom is -0.497 e. The summed E-state index contributed by atoms with van der Waals surface area (Å²) in [6, 6.07) is 17.6. The number of carbonyl (C=O) groups is 2. The molecule has 0 bridgehead atoms. The Morgan fingerprint density at radius 1 is 1.00 bits per heavy atom. The molecule has 158 valence electrons. The van der Waals surface area contributed by atoms with Gasteiger partial charge in [-0.15, -0.1) is 0 Å². The maximum atomic E-state index is 12.5. The molecule has 5 heteroatoms. The highest BCUT2D eigenvalue weighted by Gasteiger charge is 2.25. The van der Waals surface area contributed by atoms with Gasteiger partial charge in [0.25, 0.3) is 0 Å². The maximum absolute atomic E-state index is 12.5. The van der Waals surface area contributed by atoms with Crippen LogP contribution >= 0.6 is 0 Å². The van der Waals surface area contributed by atoms with Crippen molar-refractivity contribution in [2.24, 2.45) is 0 Å². The second-order valence-corrected chi connectivity index (χ2v) is 7.80. The molecule has 2 amide bonds. The number of rotatable bonds is 7. The molecular formula is C25H30N2O3. The van der Waals surface area contributed by atoms with Gasteiger partial charge in [-0.3, -0.25) is 9.59 Å². The van der Waals surface area contributed by atoms with Crippen LogP contribution in [0, 0.1) is 0 Å². The standard InChI is InChI=1S/C25H30N2O3/c1-18(26-24(28)17-10-19-8-15-23(30-2)16-9-19)25(29)27-22-13-11-21(12-14-22)20-6-4-3-5-7-20/h3-10,15-18,21-22H,11-14H2,1-2H3,(H,26,28)(H,27,29)/b17-10+. The zero-order valence-corrected chi connectivity index (χ0v) is 17.6. The Kier molecular flexibility index (Phi) is 7.66. The number of carbonyl (C=O) groups excluding carboxylic acids is 2. The minimum absolute atomic E-state index is 0.135. The van der Waals surface area contributed by atoms with Crippen LogP contribution in [0.4, 0.5) is 0 Å². The van der Waals surface area contributed by atoms with Gasteiger partial charge in [0.05, 0.1) is 7.11 Å². The Morgan fingerprint density at radius 3 is 2.30 bits per heavy atom. The predicted molar refractivity (Wildman–Crippen MR) is 119 cm³/mol. The molecule has 1 atom stereocenters. The lowest BCUT2D eigenvalue weighted by Crippen LogP contribution is -2.48. The van der Waals surface area contributed by atoms with E-state index in [0.29, 0.717) is 5.92 Å². The lowest BCUT2D eigenvalue weighted by Gasteiger charge is -2.30. The van der Waals surface area contributed by atoms with E-state index in [9.17, 15) is 9.59 Å². The Labute approximate surface area is 178 Å². The number of nitrogens with one attached hydrogen (secondary N) is 2. The van der Waals surface area contributed by atoms with E-state index in [1.807, 2.05) is 30.3 Å². The summed E-state index contributed by atoms with van der Waals surface area (Å²) in [4.78, 5) is 24.6. The van der Waals surface area contributed by atoms with E-state index in [2.05, 4.69) is 34.9 Å². The van der Waals surface area contributed by atoms with Crippen molar-refractivity contribution in [3.05, 3.63) is 71.8 Å². The van der Waals surface area contributed by atoms with Gasteiger partial charge in [-0.05, 0) is 67.9 Å². The van der Waals surface area contributed by atoms with Crippen LogP contribution in [0.25, 0.3) is 6.08 Å². The lowest BCUT2D eigenvalue weighted by molar-refractivity contribution is -0.127. The smallest absolute Gasteiger partial charge is 0.244 e. The SMILES string of the molecule is COc1ccc(/C=C/C(=O)NC(C)C(=O)NC2CCC(c3ccccc3)CC2)cc1. The van der Waals surface area contributed by atoms with E-state index in [1.165, 1.54) is 11.6 Å². The fraction of sp³-hybridized carbons (Fsp3) is 0.360. The summed E-state index contributed by atoms with van der Waals surface area (Å²) in [5.41, 5.74) is 2.27. The van der Waals surface area contributed by atoms with Crippen LogP contribution in [0.5, 0.6) is 5.75 Å². The molecule has 1 fully saturated rings. The molecule has 0 radical (unpaired) electrons. The van der Waals surface area contributed by atoms with E-state index in [-0.39, 0.29) is 17.9 Å². The molecule has 5 nitrogen and oxygen atoms in total. The van der Waals surface area contributed by atoms with E-state index >= 15 is 0 Å².